The average molecular weight is 165 g/mol. The lowest BCUT2D eigenvalue weighted by atomic mass is 10.1. The maximum absolute atomic E-state index is 5.15. The molecule has 1 heterocycles. The first-order valence-electron chi connectivity index (χ1n) is 4.16. The second-order valence-electron chi connectivity index (χ2n) is 3.23. The average Bonchev–Trinajstić information content (AvgIpc) is 2.03. The van der Waals surface area contributed by atoms with Gasteiger partial charge in [0.1, 0.15) is 5.75 Å². The minimum atomic E-state index is 0.457. The third kappa shape index (κ3) is 1.97. The van der Waals surface area contributed by atoms with Crippen LogP contribution in [0.2, 0.25) is 0 Å². The van der Waals surface area contributed by atoms with Crippen molar-refractivity contribution in [1.82, 2.24) is 4.98 Å². The van der Waals surface area contributed by atoms with Gasteiger partial charge in [-0.15, -0.1) is 0 Å². The molecule has 0 fully saturated rings. The highest BCUT2D eigenvalue weighted by Gasteiger charge is 2.03. The smallest absolute Gasteiger partial charge is 0.122 e. The highest BCUT2D eigenvalue weighted by molar-refractivity contribution is 5.27. The molecular formula is C10H15NO. The molecular weight excluding hydrogens is 150 g/mol. The van der Waals surface area contributed by atoms with Gasteiger partial charge in [0, 0.05) is 23.5 Å². The monoisotopic (exact) mass is 165 g/mol. The van der Waals surface area contributed by atoms with Crippen molar-refractivity contribution in [3.05, 3.63) is 23.5 Å². The SMILES string of the molecule is COc1cc(C)nc(C(C)C)c1. The Hall–Kier alpha value is -1.05. The Kier molecular flexibility index (Phi) is 2.69. The normalized spacial score (nSPS) is 10.4. The van der Waals surface area contributed by atoms with Crippen LogP contribution in [0, 0.1) is 6.92 Å². The van der Waals surface area contributed by atoms with Gasteiger partial charge >= 0.3 is 0 Å². The number of aryl methyl sites for hydroxylation is 1. The predicted octanol–water partition coefficient (Wildman–Crippen LogP) is 2.52. The van der Waals surface area contributed by atoms with Crippen molar-refractivity contribution in [1.29, 1.82) is 0 Å². The van der Waals surface area contributed by atoms with Crippen LogP contribution < -0.4 is 4.74 Å². The topological polar surface area (TPSA) is 22.1 Å². The number of aromatic nitrogens is 1. The van der Waals surface area contributed by atoms with Gasteiger partial charge in [0.15, 0.2) is 0 Å². The van der Waals surface area contributed by atoms with E-state index in [0.29, 0.717) is 5.92 Å². The number of ether oxygens (including phenoxy) is 1. The molecule has 0 unspecified atom stereocenters. The summed E-state index contributed by atoms with van der Waals surface area (Å²) in [7, 11) is 1.68. The summed E-state index contributed by atoms with van der Waals surface area (Å²) in [5, 5.41) is 0. The summed E-state index contributed by atoms with van der Waals surface area (Å²) in [6.07, 6.45) is 0. The standard InChI is InChI=1S/C10H15NO/c1-7(2)10-6-9(12-4)5-8(3)11-10/h5-7H,1-4H3. The highest BCUT2D eigenvalue weighted by Crippen LogP contribution is 2.18. The Morgan fingerprint density at radius 3 is 2.50 bits per heavy atom. The predicted molar refractivity (Wildman–Crippen MR) is 49.6 cm³/mol. The lowest BCUT2D eigenvalue weighted by Gasteiger charge is -2.07. The first kappa shape index (κ1) is 9.04. The zero-order chi connectivity index (χ0) is 9.14. The molecule has 0 N–H and O–H groups in total. The van der Waals surface area contributed by atoms with E-state index in [0.717, 1.165) is 17.1 Å². The van der Waals surface area contributed by atoms with Gasteiger partial charge in [-0.1, -0.05) is 13.8 Å². The molecule has 0 aliphatic rings. The minimum Gasteiger partial charge on any atom is -0.497 e. The van der Waals surface area contributed by atoms with Gasteiger partial charge in [-0.25, -0.2) is 0 Å². The second kappa shape index (κ2) is 3.57. The maximum atomic E-state index is 5.15. The number of pyridine rings is 1. The van der Waals surface area contributed by atoms with Crippen molar-refractivity contribution in [2.45, 2.75) is 26.7 Å². The van der Waals surface area contributed by atoms with Gasteiger partial charge in [0.2, 0.25) is 0 Å². The molecule has 0 saturated carbocycles. The molecule has 12 heavy (non-hydrogen) atoms. The van der Waals surface area contributed by atoms with Gasteiger partial charge in [0.25, 0.3) is 0 Å². The molecule has 1 aromatic rings. The Labute approximate surface area is 73.6 Å². The van der Waals surface area contributed by atoms with Crippen molar-refractivity contribution >= 4 is 0 Å². The summed E-state index contributed by atoms with van der Waals surface area (Å²) in [6, 6.07) is 3.92. The third-order valence-corrected chi connectivity index (χ3v) is 1.77. The number of hydrogen-bond donors (Lipinski definition) is 0. The zero-order valence-corrected chi connectivity index (χ0v) is 8.09. The van der Waals surface area contributed by atoms with E-state index in [-0.39, 0.29) is 0 Å². The number of methoxy groups -OCH3 is 1. The lowest BCUT2D eigenvalue weighted by molar-refractivity contribution is 0.412. The van der Waals surface area contributed by atoms with Crippen LogP contribution in [-0.2, 0) is 0 Å². The molecule has 0 atom stereocenters. The highest BCUT2D eigenvalue weighted by atomic mass is 16.5. The van der Waals surface area contributed by atoms with E-state index in [4.69, 9.17) is 4.74 Å². The van der Waals surface area contributed by atoms with Crippen LogP contribution >= 0.6 is 0 Å². The Bertz CT molecular complexity index is 269. The fourth-order valence-corrected chi connectivity index (χ4v) is 1.08. The van der Waals surface area contributed by atoms with Gasteiger partial charge in [0.05, 0.1) is 7.11 Å². The fourth-order valence-electron chi connectivity index (χ4n) is 1.08. The fraction of sp³-hybridized carbons (Fsp3) is 0.500. The van der Waals surface area contributed by atoms with Crippen LogP contribution in [0.25, 0.3) is 0 Å². The first-order valence-corrected chi connectivity index (χ1v) is 4.16. The molecule has 2 nitrogen and oxygen atoms in total. The Morgan fingerprint density at radius 1 is 1.33 bits per heavy atom. The summed E-state index contributed by atoms with van der Waals surface area (Å²) >= 11 is 0. The molecule has 0 aromatic carbocycles. The molecule has 2 heteroatoms. The molecule has 0 radical (unpaired) electrons. The molecule has 66 valence electrons. The van der Waals surface area contributed by atoms with Crippen LogP contribution in [0.3, 0.4) is 0 Å². The third-order valence-electron chi connectivity index (χ3n) is 1.77. The van der Waals surface area contributed by atoms with E-state index in [1.165, 1.54) is 0 Å². The zero-order valence-electron chi connectivity index (χ0n) is 8.09. The van der Waals surface area contributed by atoms with E-state index in [1.54, 1.807) is 7.11 Å². The minimum absolute atomic E-state index is 0.457. The summed E-state index contributed by atoms with van der Waals surface area (Å²) in [5.41, 5.74) is 2.10. The summed E-state index contributed by atoms with van der Waals surface area (Å²) in [6.45, 7) is 6.23. The van der Waals surface area contributed by atoms with E-state index in [9.17, 15) is 0 Å². The van der Waals surface area contributed by atoms with Gasteiger partial charge in [-0.3, -0.25) is 4.98 Å². The first-order chi connectivity index (χ1) is 5.63. The van der Waals surface area contributed by atoms with E-state index >= 15 is 0 Å². The van der Waals surface area contributed by atoms with Crippen molar-refractivity contribution in [3.63, 3.8) is 0 Å². The van der Waals surface area contributed by atoms with Crippen molar-refractivity contribution in [3.8, 4) is 5.75 Å². The van der Waals surface area contributed by atoms with Gasteiger partial charge in [-0.2, -0.15) is 0 Å². The summed E-state index contributed by atoms with van der Waals surface area (Å²) in [5.74, 6) is 1.35. The van der Waals surface area contributed by atoms with E-state index in [1.807, 2.05) is 19.1 Å². The largest absolute Gasteiger partial charge is 0.497 e. The molecule has 0 amide bonds. The van der Waals surface area contributed by atoms with Gasteiger partial charge in [-0.05, 0) is 12.8 Å². The Morgan fingerprint density at radius 2 is 2.00 bits per heavy atom. The Balaban J connectivity index is 3.06. The number of hydrogen-bond acceptors (Lipinski definition) is 2. The molecule has 0 spiro atoms. The van der Waals surface area contributed by atoms with E-state index in [2.05, 4.69) is 18.8 Å². The lowest BCUT2D eigenvalue weighted by Crippen LogP contribution is -1.96. The summed E-state index contributed by atoms with van der Waals surface area (Å²) < 4.78 is 5.15. The number of rotatable bonds is 2. The quantitative estimate of drug-likeness (QED) is 0.671. The van der Waals surface area contributed by atoms with Crippen molar-refractivity contribution in [2.75, 3.05) is 7.11 Å². The van der Waals surface area contributed by atoms with Crippen LogP contribution in [0.1, 0.15) is 31.2 Å². The molecule has 0 bridgehead atoms. The van der Waals surface area contributed by atoms with Crippen LogP contribution in [-0.4, -0.2) is 12.1 Å². The van der Waals surface area contributed by atoms with E-state index < -0.39 is 0 Å². The second-order valence-corrected chi connectivity index (χ2v) is 3.23. The van der Waals surface area contributed by atoms with Crippen LogP contribution in [0.15, 0.2) is 12.1 Å². The molecule has 1 rings (SSSR count). The molecule has 0 aliphatic heterocycles. The van der Waals surface area contributed by atoms with Crippen molar-refractivity contribution < 1.29 is 4.74 Å². The molecule has 0 saturated heterocycles. The van der Waals surface area contributed by atoms with Crippen molar-refractivity contribution in [2.24, 2.45) is 0 Å². The van der Waals surface area contributed by atoms with Crippen LogP contribution in [0.5, 0.6) is 5.75 Å². The number of nitrogens with zero attached hydrogens (tertiary/aromatic N) is 1. The van der Waals surface area contributed by atoms with Gasteiger partial charge < -0.3 is 4.74 Å². The van der Waals surface area contributed by atoms with Crippen LogP contribution in [0.4, 0.5) is 0 Å². The molecule has 0 aliphatic carbocycles. The molecule has 1 aromatic heterocycles. The maximum Gasteiger partial charge on any atom is 0.122 e. The summed E-state index contributed by atoms with van der Waals surface area (Å²) in [4.78, 5) is 4.40.